The van der Waals surface area contributed by atoms with E-state index in [1.54, 1.807) is 4.90 Å². The average molecular weight is 280 g/mol. The largest absolute Gasteiger partial charge is 0.480 e. The van der Waals surface area contributed by atoms with Crippen LogP contribution in [0.1, 0.15) is 51.4 Å². The van der Waals surface area contributed by atoms with Crippen LogP contribution in [-0.2, 0) is 9.59 Å². The minimum absolute atomic E-state index is 0.0176. The van der Waals surface area contributed by atoms with E-state index in [0.717, 1.165) is 38.5 Å². The molecule has 0 aromatic carbocycles. The van der Waals surface area contributed by atoms with Crippen molar-refractivity contribution in [1.29, 1.82) is 0 Å². The SMILES string of the molecule is NCC1(C(=O)N2C(C(=O)O)CCC3CCCCC32)CC1. The highest BCUT2D eigenvalue weighted by atomic mass is 16.4. The van der Waals surface area contributed by atoms with Gasteiger partial charge in [-0.2, -0.15) is 0 Å². The number of carboxylic acids is 1. The molecule has 3 aliphatic rings. The number of carbonyl (C=O) groups is 2. The van der Waals surface area contributed by atoms with Gasteiger partial charge in [-0.05, 0) is 44.4 Å². The van der Waals surface area contributed by atoms with Crippen molar-refractivity contribution in [2.45, 2.75) is 63.5 Å². The zero-order chi connectivity index (χ0) is 14.3. The second kappa shape index (κ2) is 5.02. The smallest absolute Gasteiger partial charge is 0.326 e. The topological polar surface area (TPSA) is 83.6 Å². The van der Waals surface area contributed by atoms with Crippen molar-refractivity contribution in [1.82, 2.24) is 4.90 Å². The number of nitrogens with two attached hydrogens (primary N) is 1. The number of aliphatic carboxylic acids is 1. The number of hydrogen-bond donors (Lipinski definition) is 2. The van der Waals surface area contributed by atoms with E-state index in [1.807, 2.05) is 0 Å². The molecule has 0 aromatic heterocycles. The number of piperidine rings is 1. The monoisotopic (exact) mass is 280 g/mol. The van der Waals surface area contributed by atoms with Crippen LogP contribution in [0.15, 0.2) is 0 Å². The van der Waals surface area contributed by atoms with Gasteiger partial charge in [0.25, 0.3) is 0 Å². The third-order valence-corrected chi connectivity index (χ3v) is 5.59. The Morgan fingerprint density at radius 1 is 1.15 bits per heavy atom. The van der Waals surface area contributed by atoms with Gasteiger partial charge in [0.1, 0.15) is 6.04 Å². The molecule has 3 N–H and O–H groups in total. The summed E-state index contributed by atoms with van der Waals surface area (Å²) in [5, 5.41) is 9.48. The Hall–Kier alpha value is -1.10. The number of carbonyl (C=O) groups excluding carboxylic acids is 1. The molecule has 3 unspecified atom stereocenters. The molecule has 2 saturated carbocycles. The number of fused-ring (bicyclic) bond motifs is 1. The van der Waals surface area contributed by atoms with E-state index < -0.39 is 17.4 Å². The average Bonchev–Trinajstić information content (AvgIpc) is 3.26. The maximum absolute atomic E-state index is 12.9. The summed E-state index contributed by atoms with van der Waals surface area (Å²) < 4.78 is 0. The van der Waals surface area contributed by atoms with Crippen molar-refractivity contribution < 1.29 is 14.7 Å². The predicted molar refractivity (Wildman–Crippen MR) is 74.0 cm³/mol. The van der Waals surface area contributed by atoms with Crippen LogP contribution in [0.4, 0.5) is 0 Å². The molecule has 3 rings (SSSR count). The van der Waals surface area contributed by atoms with Crippen LogP contribution in [0.25, 0.3) is 0 Å². The standard InChI is InChI=1S/C15H24N2O3/c16-9-15(7-8-15)14(20)17-11-4-2-1-3-10(11)5-6-12(17)13(18)19/h10-12H,1-9,16H2,(H,18,19). The fraction of sp³-hybridized carbons (Fsp3) is 0.867. The molecule has 0 bridgehead atoms. The van der Waals surface area contributed by atoms with Gasteiger partial charge >= 0.3 is 5.97 Å². The molecule has 2 aliphatic carbocycles. The minimum Gasteiger partial charge on any atom is -0.480 e. The normalized spacial score (nSPS) is 35.2. The number of amides is 1. The number of nitrogens with zero attached hydrogens (tertiary/aromatic N) is 1. The van der Waals surface area contributed by atoms with Gasteiger partial charge in [0, 0.05) is 12.6 Å². The molecule has 1 saturated heterocycles. The van der Waals surface area contributed by atoms with E-state index in [1.165, 1.54) is 6.42 Å². The van der Waals surface area contributed by atoms with E-state index in [4.69, 9.17) is 5.73 Å². The van der Waals surface area contributed by atoms with Crippen LogP contribution in [0.5, 0.6) is 0 Å². The van der Waals surface area contributed by atoms with Gasteiger partial charge in [0.2, 0.25) is 5.91 Å². The molecule has 5 heteroatoms. The molecule has 1 heterocycles. The van der Waals surface area contributed by atoms with Crippen molar-refractivity contribution in [3.8, 4) is 0 Å². The Morgan fingerprint density at radius 2 is 1.85 bits per heavy atom. The molecule has 0 aromatic rings. The molecule has 1 aliphatic heterocycles. The summed E-state index contributed by atoms with van der Waals surface area (Å²) in [6.07, 6.45) is 7.60. The van der Waals surface area contributed by atoms with Gasteiger partial charge in [-0.25, -0.2) is 4.79 Å². The maximum Gasteiger partial charge on any atom is 0.326 e. The summed E-state index contributed by atoms with van der Waals surface area (Å²) in [5.74, 6) is -0.337. The van der Waals surface area contributed by atoms with Gasteiger partial charge in [0.05, 0.1) is 5.41 Å². The lowest BCUT2D eigenvalue weighted by atomic mass is 9.75. The first-order chi connectivity index (χ1) is 9.59. The van der Waals surface area contributed by atoms with Gasteiger partial charge in [-0.3, -0.25) is 4.79 Å². The third-order valence-electron chi connectivity index (χ3n) is 5.59. The Bertz CT molecular complexity index is 419. The molecule has 0 spiro atoms. The van der Waals surface area contributed by atoms with Crippen LogP contribution < -0.4 is 5.73 Å². The highest BCUT2D eigenvalue weighted by molar-refractivity contribution is 5.90. The Kier molecular flexibility index (Phi) is 3.48. The van der Waals surface area contributed by atoms with E-state index in [-0.39, 0.29) is 11.9 Å². The highest BCUT2D eigenvalue weighted by Gasteiger charge is 2.55. The number of rotatable bonds is 3. The maximum atomic E-state index is 12.9. The van der Waals surface area contributed by atoms with Crippen molar-refractivity contribution >= 4 is 11.9 Å². The molecule has 112 valence electrons. The summed E-state index contributed by atoms with van der Waals surface area (Å²) in [6.45, 7) is 0.353. The summed E-state index contributed by atoms with van der Waals surface area (Å²) in [4.78, 5) is 26.2. The first kappa shape index (κ1) is 13.9. The van der Waals surface area contributed by atoms with E-state index in [0.29, 0.717) is 18.9 Å². The molecular weight excluding hydrogens is 256 g/mol. The van der Waals surface area contributed by atoms with Gasteiger partial charge in [-0.1, -0.05) is 12.8 Å². The van der Waals surface area contributed by atoms with Crippen LogP contribution >= 0.6 is 0 Å². The second-order valence-electron chi connectivity index (χ2n) is 6.74. The van der Waals surface area contributed by atoms with Gasteiger partial charge in [-0.15, -0.1) is 0 Å². The fourth-order valence-electron chi connectivity index (χ4n) is 4.10. The lowest BCUT2D eigenvalue weighted by Crippen LogP contribution is -2.59. The van der Waals surface area contributed by atoms with Gasteiger partial charge in [0.15, 0.2) is 0 Å². The van der Waals surface area contributed by atoms with Crippen molar-refractivity contribution in [2.75, 3.05) is 6.54 Å². The molecular formula is C15H24N2O3. The first-order valence-corrected chi connectivity index (χ1v) is 7.85. The molecule has 0 radical (unpaired) electrons. The summed E-state index contributed by atoms with van der Waals surface area (Å²) in [6, 6.07) is -0.499. The Morgan fingerprint density at radius 3 is 2.45 bits per heavy atom. The lowest BCUT2D eigenvalue weighted by molar-refractivity contribution is -0.161. The van der Waals surface area contributed by atoms with E-state index in [2.05, 4.69) is 0 Å². The zero-order valence-corrected chi connectivity index (χ0v) is 11.9. The number of likely N-dealkylation sites (tertiary alicyclic amines) is 1. The van der Waals surface area contributed by atoms with E-state index in [9.17, 15) is 14.7 Å². The van der Waals surface area contributed by atoms with Crippen LogP contribution in [-0.4, -0.2) is 40.5 Å². The summed E-state index contributed by atoms with van der Waals surface area (Å²) >= 11 is 0. The molecule has 1 amide bonds. The zero-order valence-electron chi connectivity index (χ0n) is 11.9. The van der Waals surface area contributed by atoms with Gasteiger partial charge < -0.3 is 15.7 Å². The third kappa shape index (κ3) is 2.12. The number of carboxylic acid groups (broad SMARTS) is 1. The van der Waals surface area contributed by atoms with Crippen molar-refractivity contribution in [3.05, 3.63) is 0 Å². The number of hydrogen-bond acceptors (Lipinski definition) is 3. The fourth-order valence-corrected chi connectivity index (χ4v) is 4.10. The minimum atomic E-state index is -0.852. The van der Waals surface area contributed by atoms with Crippen LogP contribution in [0.3, 0.4) is 0 Å². The van der Waals surface area contributed by atoms with Crippen molar-refractivity contribution in [2.24, 2.45) is 17.1 Å². The highest BCUT2D eigenvalue weighted by Crippen LogP contribution is 2.49. The molecule has 20 heavy (non-hydrogen) atoms. The summed E-state index contributed by atoms with van der Waals surface area (Å²) in [5.41, 5.74) is 5.33. The molecule has 3 fully saturated rings. The second-order valence-corrected chi connectivity index (χ2v) is 6.74. The molecule has 3 atom stereocenters. The predicted octanol–water partition coefficient (Wildman–Crippen LogP) is 1.36. The lowest BCUT2D eigenvalue weighted by Gasteiger charge is -2.48. The quantitative estimate of drug-likeness (QED) is 0.817. The Balaban J connectivity index is 1.88. The van der Waals surface area contributed by atoms with Crippen LogP contribution in [0, 0.1) is 11.3 Å². The van der Waals surface area contributed by atoms with E-state index >= 15 is 0 Å². The first-order valence-electron chi connectivity index (χ1n) is 7.85. The van der Waals surface area contributed by atoms with Crippen LogP contribution in [0.2, 0.25) is 0 Å². The Labute approximate surface area is 119 Å². The van der Waals surface area contributed by atoms with Crippen molar-refractivity contribution in [3.63, 3.8) is 0 Å². The summed E-state index contributed by atoms with van der Waals surface area (Å²) in [7, 11) is 0. The molecule has 5 nitrogen and oxygen atoms in total.